The van der Waals surface area contributed by atoms with Crippen molar-refractivity contribution >= 4 is 22.7 Å². The van der Waals surface area contributed by atoms with Crippen molar-refractivity contribution in [2.75, 3.05) is 5.43 Å². The minimum atomic E-state index is 0.282. The zero-order valence-electron chi connectivity index (χ0n) is 14.4. The Balaban J connectivity index is 1.85. The van der Waals surface area contributed by atoms with E-state index in [4.69, 9.17) is 0 Å². The summed E-state index contributed by atoms with van der Waals surface area (Å²) in [5.74, 6) is 0. The van der Waals surface area contributed by atoms with Gasteiger partial charge in [-0.1, -0.05) is 42.0 Å². The zero-order chi connectivity index (χ0) is 17.8. The molecule has 3 rings (SSSR count). The monoisotopic (exact) mass is 346 g/mol. The van der Waals surface area contributed by atoms with Gasteiger partial charge in [0.1, 0.15) is 6.07 Å². The van der Waals surface area contributed by atoms with Gasteiger partial charge in [0.25, 0.3) is 0 Å². The number of hydrogen-bond donors (Lipinski definition) is 1. The Kier molecular flexibility index (Phi) is 4.92. The van der Waals surface area contributed by atoms with Crippen LogP contribution in [0.3, 0.4) is 0 Å². The van der Waals surface area contributed by atoms with Gasteiger partial charge in [0.15, 0.2) is 10.7 Å². The molecule has 1 aromatic heterocycles. The van der Waals surface area contributed by atoms with E-state index in [0.717, 1.165) is 22.5 Å². The zero-order valence-corrected chi connectivity index (χ0v) is 15.2. The summed E-state index contributed by atoms with van der Waals surface area (Å²) >= 11 is 1.42. The highest BCUT2D eigenvalue weighted by atomic mass is 32.1. The van der Waals surface area contributed by atoms with Crippen molar-refractivity contribution in [3.05, 3.63) is 69.5 Å². The van der Waals surface area contributed by atoms with Gasteiger partial charge < -0.3 is 0 Å². The summed E-state index contributed by atoms with van der Waals surface area (Å²) in [6.45, 7) is 6.12. The molecular formula is C20H18N4S. The van der Waals surface area contributed by atoms with Crippen LogP contribution in [0.2, 0.25) is 0 Å². The molecule has 0 bridgehead atoms. The molecule has 2 aromatic carbocycles. The van der Waals surface area contributed by atoms with E-state index in [2.05, 4.69) is 40.6 Å². The van der Waals surface area contributed by atoms with Gasteiger partial charge >= 0.3 is 0 Å². The number of nitrogens with zero attached hydrogens (tertiary/aromatic N) is 3. The third-order valence-electron chi connectivity index (χ3n) is 4.05. The summed E-state index contributed by atoms with van der Waals surface area (Å²) in [7, 11) is 0. The molecule has 0 radical (unpaired) electrons. The third-order valence-corrected chi connectivity index (χ3v) is 4.90. The molecule has 0 saturated heterocycles. The fourth-order valence-electron chi connectivity index (χ4n) is 2.35. The second-order valence-electron chi connectivity index (χ2n) is 5.84. The molecule has 4 nitrogen and oxygen atoms in total. The summed E-state index contributed by atoms with van der Waals surface area (Å²) in [5, 5.41) is 16.3. The first-order chi connectivity index (χ1) is 12.1. The molecule has 1 N–H and O–H groups in total. The largest absolute Gasteiger partial charge is 0.277 e. The molecular weight excluding hydrogens is 328 g/mol. The number of benzene rings is 2. The summed E-state index contributed by atoms with van der Waals surface area (Å²) < 4.78 is 0. The highest BCUT2D eigenvalue weighted by Crippen LogP contribution is 2.23. The Hall–Kier alpha value is -2.97. The predicted octanol–water partition coefficient (Wildman–Crippen LogP) is 5.08. The number of nitrogens with one attached hydrogen (secondary N) is 1. The molecule has 0 amide bonds. The molecule has 0 aliphatic carbocycles. The van der Waals surface area contributed by atoms with E-state index in [-0.39, 0.29) is 5.71 Å². The Bertz CT molecular complexity index is 962. The number of nitriles is 1. The lowest BCUT2D eigenvalue weighted by Gasteiger charge is -2.07. The molecule has 0 atom stereocenters. The van der Waals surface area contributed by atoms with Crippen molar-refractivity contribution in [1.29, 1.82) is 5.26 Å². The van der Waals surface area contributed by atoms with Gasteiger partial charge in [-0.05, 0) is 38.0 Å². The first-order valence-corrected chi connectivity index (χ1v) is 8.79. The number of hydrogen-bond acceptors (Lipinski definition) is 5. The summed E-state index contributed by atoms with van der Waals surface area (Å²) in [6.07, 6.45) is 0. The van der Waals surface area contributed by atoms with Gasteiger partial charge in [0.05, 0.1) is 11.4 Å². The first-order valence-electron chi connectivity index (χ1n) is 7.91. The lowest BCUT2D eigenvalue weighted by Crippen LogP contribution is -2.02. The van der Waals surface area contributed by atoms with Crippen molar-refractivity contribution < 1.29 is 0 Å². The molecule has 0 spiro atoms. The highest BCUT2D eigenvalue weighted by Gasteiger charge is 2.11. The van der Waals surface area contributed by atoms with Crippen molar-refractivity contribution in [1.82, 2.24) is 4.98 Å². The average molecular weight is 346 g/mol. The van der Waals surface area contributed by atoms with E-state index in [1.165, 1.54) is 22.5 Å². The lowest BCUT2D eigenvalue weighted by atomic mass is 10.1. The number of anilines is 1. The number of aryl methyl sites for hydroxylation is 2. The van der Waals surface area contributed by atoms with Crippen LogP contribution < -0.4 is 5.43 Å². The molecule has 0 saturated carbocycles. The van der Waals surface area contributed by atoms with E-state index in [0.29, 0.717) is 5.01 Å². The Morgan fingerprint density at radius 3 is 2.60 bits per heavy atom. The third kappa shape index (κ3) is 3.76. The predicted molar refractivity (Wildman–Crippen MR) is 104 cm³/mol. The molecule has 0 unspecified atom stereocenters. The maximum absolute atomic E-state index is 9.44. The van der Waals surface area contributed by atoms with Gasteiger partial charge in [0.2, 0.25) is 0 Å². The van der Waals surface area contributed by atoms with Crippen LogP contribution in [-0.2, 0) is 0 Å². The van der Waals surface area contributed by atoms with E-state index in [1.807, 2.05) is 49.6 Å². The number of hydrazone groups is 1. The Morgan fingerprint density at radius 1 is 1.12 bits per heavy atom. The van der Waals surface area contributed by atoms with Gasteiger partial charge in [-0.2, -0.15) is 10.4 Å². The van der Waals surface area contributed by atoms with E-state index in [1.54, 1.807) is 0 Å². The second-order valence-corrected chi connectivity index (χ2v) is 6.69. The van der Waals surface area contributed by atoms with Crippen molar-refractivity contribution in [2.45, 2.75) is 20.8 Å². The number of aromatic nitrogens is 1. The van der Waals surface area contributed by atoms with Crippen LogP contribution in [0.15, 0.2) is 52.9 Å². The van der Waals surface area contributed by atoms with Crippen LogP contribution in [0.25, 0.3) is 11.3 Å². The number of thiazole rings is 1. The second kappa shape index (κ2) is 7.29. The maximum atomic E-state index is 9.44. The van der Waals surface area contributed by atoms with Crippen LogP contribution >= 0.6 is 11.3 Å². The van der Waals surface area contributed by atoms with Crippen LogP contribution in [0, 0.1) is 32.1 Å². The lowest BCUT2D eigenvalue weighted by molar-refractivity contribution is 1.26. The summed E-state index contributed by atoms with van der Waals surface area (Å²) in [5.41, 5.74) is 9.55. The molecule has 0 aliphatic rings. The normalized spacial score (nSPS) is 11.2. The quantitative estimate of drug-likeness (QED) is 0.529. The summed E-state index contributed by atoms with van der Waals surface area (Å²) in [4.78, 5) is 4.56. The molecule has 3 aromatic rings. The fraction of sp³-hybridized carbons (Fsp3) is 0.150. The van der Waals surface area contributed by atoms with Crippen LogP contribution in [0.5, 0.6) is 0 Å². The van der Waals surface area contributed by atoms with Crippen molar-refractivity contribution in [3.8, 4) is 17.3 Å². The molecule has 124 valence electrons. The Labute approximate surface area is 151 Å². The highest BCUT2D eigenvalue weighted by molar-refractivity contribution is 7.12. The molecule has 25 heavy (non-hydrogen) atoms. The van der Waals surface area contributed by atoms with Crippen LogP contribution in [0.4, 0.5) is 5.69 Å². The van der Waals surface area contributed by atoms with Crippen LogP contribution in [0.1, 0.15) is 21.7 Å². The topological polar surface area (TPSA) is 61.1 Å². The minimum absolute atomic E-state index is 0.282. The van der Waals surface area contributed by atoms with Gasteiger partial charge in [-0.15, -0.1) is 11.3 Å². The molecule has 0 fully saturated rings. The van der Waals surface area contributed by atoms with Gasteiger partial charge in [0, 0.05) is 10.9 Å². The van der Waals surface area contributed by atoms with Gasteiger partial charge in [-0.25, -0.2) is 4.98 Å². The smallest absolute Gasteiger partial charge is 0.196 e. The SMILES string of the molecule is Cc1ccc(-c2csc(/C(C#N)=N/Nc3cccc(C)c3C)n2)cc1. The fourth-order valence-corrected chi connectivity index (χ4v) is 3.11. The average Bonchev–Trinajstić information content (AvgIpc) is 3.09. The van der Waals surface area contributed by atoms with E-state index in [9.17, 15) is 5.26 Å². The van der Waals surface area contributed by atoms with Gasteiger partial charge in [-0.3, -0.25) is 5.43 Å². The maximum Gasteiger partial charge on any atom is 0.196 e. The number of rotatable bonds is 4. The van der Waals surface area contributed by atoms with Crippen molar-refractivity contribution in [3.63, 3.8) is 0 Å². The van der Waals surface area contributed by atoms with E-state index >= 15 is 0 Å². The molecule has 0 aliphatic heterocycles. The van der Waals surface area contributed by atoms with Crippen LogP contribution in [-0.4, -0.2) is 10.7 Å². The van der Waals surface area contributed by atoms with Crippen molar-refractivity contribution in [2.24, 2.45) is 5.10 Å². The standard InChI is InChI=1S/C20H18N4S/c1-13-7-9-16(10-8-13)19-12-25-20(22-19)18(11-21)24-23-17-6-4-5-14(2)15(17)3/h4-10,12,23H,1-3H3/b24-18+. The first kappa shape index (κ1) is 16.9. The van der Waals surface area contributed by atoms with E-state index < -0.39 is 0 Å². The molecule has 5 heteroatoms. The minimum Gasteiger partial charge on any atom is -0.277 e. The summed E-state index contributed by atoms with van der Waals surface area (Å²) in [6, 6.07) is 16.3. The Morgan fingerprint density at radius 2 is 1.88 bits per heavy atom. The molecule has 1 heterocycles.